The molecule has 1 amide bonds. The lowest BCUT2D eigenvalue weighted by atomic mass is 10.2. The van der Waals surface area contributed by atoms with Crippen LogP contribution in [0.25, 0.3) is 0 Å². The van der Waals surface area contributed by atoms with Gasteiger partial charge in [-0.3, -0.25) is 19.7 Å². The van der Waals surface area contributed by atoms with Gasteiger partial charge in [-0.25, -0.2) is 14.4 Å². The van der Waals surface area contributed by atoms with Gasteiger partial charge in [0.15, 0.2) is 12.4 Å². The van der Waals surface area contributed by atoms with Crippen LogP contribution < -0.4 is 10.3 Å². The van der Waals surface area contributed by atoms with Crippen molar-refractivity contribution in [2.75, 3.05) is 6.61 Å². The molecule has 216 valence electrons. The van der Waals surface area contributed by atoms with E-state index in [2.05, 4.69) is 15.0 Å². The maximum atomic E-state index is 11.9. The Bertz CT molecular complexity index is 1420. The number of carboxylic acid groups (broad SMARTS) is 2. The fourth-order valence-electron chi connectivity index (χ4n) is 3.56. The van der Waals surface area contributed by atoms with Crippen LogP contribution in [0.15, 0.2) is 98.1 Å². The first kappa shape index (κ1) is 31.0. The van der Waals surface area contributed by atoms with E-state index >= 15 is 0 Å². The van der Waals surface area contributed by atoms with Crippen molar-refractivity contribution in [3.8, 4) is 0 Å². The number of esters is 1. The molecule has 13 nitrogen and oxygen atoms in total. The molecule has 0 radical (unpaired) electrons. The molecule has 4 aromatic heterocycles. The van der Waals surface area contributed by atoms with Crippen molar-refractivity contribution in [3.05, 3.63) is 120 Å². The molecule has 0 bridgehead atoms. The molecule has 1 aliphatic rings. The Labute approximate surface area is 240 Å². The van der Waals surface area contributed by atoms with Crippen LogP contribution in [0.3, 0.4) is 0 Å². The molecular formula is C29H28N5O8+. The minimum Gasteiger partial charge on any atom is -0.478 e. The number of nitrogens with zero attached hydrogens (tertiary/aromatic N) is 4. The van der Waals surface area contributed by atoms with Crippen molar-refractivity contribution >= 4 is 23.8 Å². The number of carbonyl (C=O) groups is 4. The van der Waals surface area contributed by atoms with Gasteiger partial charge < -0.3 is 25.4 Å². The lowest BCUT2D eigenvalue weighted by Gasteiger charge is -2.11. The first-order chi connectivity index (χ1) is 20.2. The van der Waals surface area contributed by atoms with Gasteiger partial charge in [0.25, 0.3) is 12.1 Å². The number of ether oxygens (including phenoxy) is 2. The zero-order chi connectivity index (χ0) is 30.3. The number of amides is 1. The van der Waals surface area contributed by atoms with Gasteiger partial charge in [-0.1, -0.05) is 0 Å². The minimum atomic E-state index is -0.942. The predicted molar refractivity (Wildman–Crippen MR) is 145 cm³/mol. The Balaban J connectivity index is 0.000000219. The number of nitrogens with two attached hydrogens (primary N) is 1. The highest BCUT2D eigenvalue weighted by atomic mass is 16.6. The number of carbonyl (C=O) groups excluding carboxylic acids is 2. The first-order valence-corrected chi connectivity index (χ1v) is 12.5. The standard InChI is InChI=1S/C17H17N3O4.2C6H5NO2/c18-16(21)13-4-2-8-20(10-13)15-6-5-14(24-15)11-23-17(22)12-3-1-7-19-9-12;2*8-6(9)5-2-1-3-7-4-5/h1-4,7-10,14-15H,5-6,11H2,(H-,18,21);2*1-4H,(H,8,9)/p+1. The molecule has 5 rings (SSSR count). The van der Waals surface area contributed by atoms with E-state index in [1.54, 1.807) is 48.8 Å². The van der Waals surface area contributed by atoms with Gasteiger partial charge in [0.1, 0.15) is 12.2 Å². The number of aromatic nitrogens is 4. The van der Waals surface area contributed by atoms with Crippen molar-refractivity contribution < 1.29 is 43.4 Å². The van der Waals surface area contributed by atoms with Crippen LogP contribution in [-0.2, 0) is 9.47 Å². The third-order valence-corrected chi connectivity index (χ3v) is 5.64. The molecule has 4 N–H and O–H groups in total. The largest absolute Gasteiger partial charge is 0.478 e. The maximum Gasteiger partial charge on any atom is 0.339 e. The normalized spacial score (nSPS) is 15.1. The van der Waals surface area contributed by atoms with Crippen LogP contribution in [0.4, 0.5) is 0 Å². The number of rotatable bonds is 7. The Morgan fingerprint density at radius 2 is 1.33 bits per heavy atom. The third kappa shape index (κ3) is 9.88. The second-order valence-electron chi connectivity index (χ2n) is 8.63. The summed E-state index contributed by atoms with van der Waals surface area (Å²) in [5.41, 5.74) is 6.57. The average Bonchev–Trinajstić information content (AvgIpc) is 3.51. The molecule has 42 heavy (non-hydrogen) atoms. The van der Waals surface area contributed by atoms with Crippen molar-refractivity contribution in [2.45, 2.75) is 25.2 Å². The Morgan fingerprint density at radius 1 is 0.810 bits per heavy atom. The van der Waals surface area contributed by atoms with Crippen LogP contribution >= 0.6 is 0 Å². The monoisotopic (exact) mass is 574 g/mol. The van der Waals surface area contributed by atoms with Gasteiger partial charge in [-0.2, -0.15) is 4.57 Å². The zero-order valence-corrected chi connectivity index (χ0v) is 22.2. The Morgan fingerprint density at radius 3 is 1.79 bits per heavy atom. The summed E-state index contributed by atoms with van der Waals surface area (Å²) < 4.78 is 13.0. The Kier molecular flexibility index (Phi) is 11.7. The number of aromatic carboxylic acids is 2. The fraction of sp³-hybridized carbons (Fsp3) is 0.172. The fourth-order valence-corrected chi connectivity index (χ4v) is 3.56. The summed E-state index contributed by atoms with van der Waals surface area (Å²) in [6, 6.07) is 12.9. The van der Waals surface area contributed by atoms with E-state index in [4.69, 9.17) is 25.4 Å². The molecule has 0 aliphatic carbocycles. The summed E-state index contributed by atoms with van der Waals surface area (Å²) in [4.78, 5) is 54.6. The third-order valence-electron chi connectivity index (χ3n) is 5.64. The summed E-state index contributed by atoms with van der Waals surface area (Å²) in [5, 5.41) is 16.7. The van der Waals surface area contributed by atoms with Crippen LogP contribution in [0, 0.1) is 0 Å². The smallest absolute Gasteiger partial charge is 0.339 e. The molecule has 1 aliphatic heterocycles. The first-order valence-electron chi connectivity index (χ1n) is 12.5. The number of hydrogen-bond donors (Lipinski definition) is 3. The van der Waals surface area contributed by atoms with E-state index in [9.17, 15) is 19.2 Å². The topological polar surface area (TPSA) is 196 Å². The van der Waals surface area contributed by atoms with Crippen molar-refractivity contribution in [1.29, 1.82) is 0 Å². The highest BCUT2D eigenvalue weighted by Crippen LogP contribution is 2.24. The van der Waals surface area contributed by atoms with E-state index in [1.165, 1.54) is 43.1 Å². The molecule has 1 saturated heterocycles. The molecule has 13 heteroatoms. The lowest BCUT2D eigenvalue weighted by molar-refractivity contribution is -0.759. The summed E-state index contributed by atoms with van der Waals surface area (Å²) in [5.74, 6) is -2.78. The maximum absolute atomic E-state index is 11.9. The highest BCUT2D eigenvalue weighted by Gasteiger charge is 2.33. The summed E-state index contributed by atoms with van der Waals surface area (Å²) >= 11 is 0. The molecule has 1 fully saturated rings. The zero-order valence-electron chi connectivity index (χ0n) is 22.2. The minimum absolute atomic E-state index is 0.180. The van der Waals surface area contributed by atoms with Gasteiger partial charge in [-0.15, -0.1) is 0 Å². The van der Waals surface area contributed by atoms with Crippen molar-refractivity contribution in [2.24, 2.45) is 5.73 Å². The van der Waals surface area contributed by atoms with E-state index in [1.807, 2.05) is 10.8 Å². The van der Waals surface area contributed by atoms with Crippen LogP contribution in [0.5, 0.6) is 0 Å². The van der Waals surface area contributed by atoms with E-state index in [-0.39, 0.29) is 30.1 Å². The van der Waals surface area contributed by atoms with Gasteiger partial charge in [0.05, 0.1) is 22.8 Å². The van der Waals surface area contributed by atoms with Gasteiger partial charge in [0, 0.05) is 49.7 Å². The second kappa shape index (κ2) is 15.9. The van der Waals surface area contributed by atoms with Crippen LogP contribution in [0.2, 0.25) is 0 Å². The van der Waals surface area contributed by atoms with Gasteiger partial charge >= 0.3 is 17.9 Å². The highest BCUT2D eigenvalue weighted by molar-refractivity contribution is 5.92. The Hall–Kier alpha value is -5.56. The molecule has 0 spiro atoms. The van der Waals surface area contributed by atoms with Crippen LogP contribution in [0.1, 0.15) is 60.5 Å². The predicted octanol–water partition coefficient (Wildman–Crippen LogP) is 2.56. The SMILES string of the molecule is NC(=O)c1ccc[n+](C2CCC(COC(=O)c3cccnc3)O2)c1.O=C(O)c1cccnc1.O=C(O)c1cccnc1. The average molecular weight is 575 g/mol. The summed E-state index contributed by atoms with van der Waals surface area (Å²) in [7, 11) is 0. The molecule has 4 aromatic rings. The second-order valence-corrected chi connectivity index (χ2v) is 8.63. The number of primary amides is 1. The van der Waals surface area contributed by atoms with Crippen LogP contribution in [-0.4, -0.2) is 61.7 Å². The molecule has 0 saturated carbocycles. The molecule has 5 heterocycles. The molecule has 2 atom stereocenters. The lowest BCUT2D eigenvalue weighted by Crippen LogP contribution is -2.40. The number of pyridine rings is 4. The summed E-state index contributed by atoms with van der Waals surface area (Å²) in [6.07, 6.45) is 13.4. The van der Waals surface area contributed by atoms with Gasteiger partial charge in [-0.05, 0) is 48.9 Å². The quantitative estimate of drug-likeness (QED) is 0.217. The molecule has 2 unspecified atom stereocenters. The van der Waals surface area contributed by atoms with Crippen molar-refractivity contribution in [3.63, 3.8) is 0 Å². The van der Waals surface area contributed by atoms with E-state index in [0.29, 0.717) is 11.1 Å². The van der Waals surface area contributed by atoms with E-state index < -0.39 is 23.8 Å². The van der Waals surface area contributed by atoms with Crippen molar-refractivity contribution in [1.82, 2.24) is 15.0 Å². The van der Waals surface area contributed by atoms with Gasteiger partial charge in [0.2, 0.25) is 0 Å². The summed E-state index contributed by atoms with van der Waals surface area (Å²) in [6.45, 7) is 0.181. The van der Waals surface area contributed by atoms with E-state index in [0.717, 1.165) is 12.8 Å². The number of hydrogen-bond acceptors (Lipinski definition) is 9. The number of carboxylic acids is 2. The molecular weight excluding hydrogens is 546 g/mol. The molecule has 0 aromatic carbocycles.